The fourth-order valence-electron chi connectivity index (χ4n) is 5.34. The molecule has 0 spiro atoms. The Balaban J connectivity index is 1.58. The first-order valence-electron chi connectivity index (χ1n) is 15.1. The van der Waals surface area contributed by atoms with Gasteiger partial charge in [-0.05, 0) is 70.2 Å². The summed E-state index contributed by atoms with van der Waals surface area (Å²) in [5.74, 6) is 1.06. The van der Waals surface area contributed by atoms with Crippen LogP contribution in [0.1, 0.15) is 40.3 Å². The van der Waals surface area contributed by atoms with Gasteiger partial charge in [0.1, 0.15) is 11.5 Å². The predicted molar refractivity (Wildman–Crippen MR) is 179 cm³/mol. The van der Waals surface area contributed by atoms with E-state index in [1.807, 2.05) is 78.9 Å². The van der Waals surface area contributed by atoms with Gasteiger partial charge in [-0.1, -0.05) is 71.3 Å². The predicted octanol–water partition coefficient (Wildman–Crippen LogP) is 6.24. The molecule has 0 bridgehead atoms. The molecule has 0 fully saturated rings. The number of methoxy groups -OCH3 is 1. The zero-order valence-corrected chi connectivity index (χ0v) is 26.6. The van der Waals surface area contributed by atoms with Crippen molar-refractivity contribution in [3.8, 4) is 11.5 Å². The van der Waals surface area contributed by atoms with Crippen LogP contribution in [0, 0.1) is 0 Å². The Morgan fingerprint density at radius 3 is 2.49 bits per heavy atom. The van der Waals surface area contributed by atoms with E-state index in [2.05, 4.69) is 20.9 Å². The van der Waals surface area contributed by atoms with Gasteiger partial charge in [0.15, 0.2) is 11.6 Å². The Hall–Kier alpha value is -5.06. The highest BCUT2D eigenvalue weighted by Crippen LogP contribution is 2.43. The lowest BCUT2D eigenvalue weighted by Crippen LogP contribution is -2.53. The molecule has 12 heteroatoms. The van der Waals surface area contributed by atoms with Gasteiger partial charge in [-0.15, -0.1) is 0 Å². The third-order valence-electron chi connectivity index (χ3n) is 7.75. The second kappa shape index (κ2) is 16.0. The van der Waals surface area contributed by atoms with Crippen LogP contribution in [0.3, 0.4) is 0 Å². The largest absolute Gasteiger partial charge is 0.497 e. The van der Waals surface area contributed by atoms with Crippen LogP contribution in [-0.2, 0) is 29.0 Å². The van der Waals surface area contributed by atoms with Gasteiger partial charge in [0, 0.05) is 41.5 Å². The second-order valence-electron chi connectivity index (χ2n) is 10.8. The quantitative estimate of drug-likeness (QED) is 0.0454. The SMILES string of the molecule is COc1cccc([C@@H]2OC(c3ccc(OCCCO)cc3)=N[C@]2(Cc2ccccc2CN=[N+]=[N-])C(=O)NNCc2ccccc2Cl)c1. The van der Waals surface area contributed by atoms with Crippen LogP contribution < -0.4 is 20.3 Å². The van der Waals surface area contributed by atoms with Crippen molar-refractivity contribution in [2.75, 3.05) is 20.3 Å². The number of benzene rings is 4. The molecule has 4 aromatic rings. The topological polar surface area (TPSA) is 150 Å². The molecular formula is C35H35ClN6O5. The van der Waals surface area contributed by atoms with E-state index in [0.29, 0.717) is 40.7 Å². The van der Waals surface area contributed by atoms with Crippen molar-refractivity contribution in [2.24, 2.45) is 10.1 Å². The molecule has 0 radical (unpaired) electrons. The zero-order chi connectivity index (χ0) is 33.1. The van der Waals surface area contributed by atoms with Crippen molar-refractivity contribution in [3.63, 3.8) is 0 Å². The lowest BCUT2D eigenvalue weighted by atomic mass is 9.81. The molecule has 5 rings (SSSR count). The van der Waals surface area contributed by atoms with E-state index in [1.165, 1.54) is 0 Å². The van der Waals surface area contributed by atoms with Crippen molar-refractivity contribution in [3.05, 3.63) is 140 Å². The standard InChI is InChI=1S/C35H35ClN6O5/c1-45-30-12-6-11-25(20-30)32-35(21-26-8-2-3-9-27(26)22-39-42-37,34(44)41-38-23-28-10-4-5-13-31(28)36)40-33(47-32)24-14-16-29(17-15-24)46-19-7-18-43/h2-6,8-17,20,32,38,43H,7,18-19,21-23H2,1H3,(H,41,44)/t32-,35-/m0/s1. The van der Waals surface area contributed by atoms with Crippen LogP contribution in [0.15, 0.2) is 107 Å². The summed E-state index contributed by atoms with van der Waals surface area (Å²) >= 11 is 6.36. The molecular weight excluding hydrogens is 620 g/mol. The van der Waals surface area contributed by atoms with Gasteiger partial charge >= 0.3 is 0 Å². The van der Waals surface area contributed by atoms with Gasteiger partial charge in [-0.25, -0.2) is 10.4 Å². The molecule has 0 saturated heterocycles. The number of halogens is 1. The normalized spacial score (nSPS) is 16.8. The van der Waals surface area contributed by atoms with Gasteiger partial charge in [0.25, 0.3) is 5.91 Å². The number of carbonyl (C=O) groups excluding carboxylic acids is 1. The summed E-state index contributed by atoms with van der Waals surface area (Å²) in [6.45, 7) is 0.796. The Labute approximate surface area is 277 Å². The molecule has 2 atom stereocenters. The molecule has 3 N–H and O–H groups in total. The summed E-state index contributed by atoms with van der Waals surface area (Å²) in [4.78, 5) is 22.5. The third kappa shape index (κ3) is 8.03. The fourth-order valence-corrected chi connectivity index (χ4v) is 5.54. The van der Waals surface area contributed by atoms with E-state index in [0.717, 1.165) is 16.7 Å². The van der Waals surface area contributed by atoms with Crippen LogP contribution in [-0.4, -0.2) is 42.8 Å². The highest BCUT2D eigenvalue weighted by Gasteiger charge is 2.53. The Bertz CT molecular complexity index is 1760. The van der Waals surface area contributed by atoms with E-state index in [9.17, 15) is 4.79 Å². The number of azide groups is 1. The first-order chi connectivity index (χ1) is 23.0. The summed E-state index contributed by atoms with van der Waals surface area (Å²) < 4.78 is 17.8. The van der Waals surface area contributed by atoms with Crippen LogP contribution in [0.4, 0.5) is 0 Å². The average molecular weight is 655 g/mol. The lowest BCUT2D eigenvalue weighted by molar-refractivity contribution is -0.130. The van der Waals surface area contributed by atoms with Crippen molar-refractivity contribution in [1.82, 2.24) is 10.9 Å². The Kier molecular flexibility index (Phi) is 11.3. The number of nitrogens with zero attached hydrogens (tertiary/aromatic N) is 4. The molecule has 0 unspecified atom stereocenters. The van der Waals surface area contributed by atoms with Crippen LogP contribution in [0.25, 0.3) is 10.4 Å². The van der Waals surface area contributed by atoms with Gasteiger partial charge < -0.3 is 19.3 Å². The number of aliphatic hydroxyl groups excluding tert-OH is 1. The fraction of sp³-hybridized carbons (Fsp3) is 0.257. The maximum atomic E-state index is 14.5. The zero-order valence-electron chi connectivity index (χ0n) is 25.8. The minimum atomic E-state index is -1.52. The summed E-state index contributed by atoms with van der Waals surface area (Å²) in [6, 6.07) is 29.4. The van der Waals surface area contributed by atoms with E-state index >= 15 is 0 Å². The molecule has 0 aromatic heterocycles. The van der Waals surface area contributed by atoms with Crippen molar-refractivity contribution >= 4 is 23.4 Å². The summed E-state index contributed by atoms with van der Waals surface area (Å²) in [5.41, 5.74) is 17.1. The summed E-state index contributed by atoms with van der Waals surface area (Å²) in [5, 5.41) is 13.4. The monoisotopic (exact) mass is 654 g/mol. The van der Waals surface area contributed by atoms with Crippen molar-refractivity contribution in [2.45, 2.75) is 37.6 Å². The lowest BCUT2D eigenvalue weighted by Gasteiger charge is -2.31. The number of aliphatic imine (C=N–C) groups is 1. The summed E-state index contributed by atoms with van der Waals surface area (Å²) in [7, 11) is 1.57. The van der Waals surface area contributed by atoms with E-state index < -0.39 is 17.6 Å². The number of hydrogen-bond donors (Lipinski definition) is 3. The Morgan fingerprint density at radius 2 is 1.77 bits per heavy atom. The maximum absolute atomic E-state index is 14.5. The number of hydrogen-bond acceptors (Lipinski definition) is 8. The average Bonchev–Trinajstić information content (AvgIpc) is 3.49. The Morgan fingerprint density at radius 1 is 1.02 bits per heavy atom. The molecule has 1 aliphatic rings. The molecule has 47 heavy (non-hydrogen) atoms. The molecule has 242 valence electrons. The van der Waals surface area contributed by atoms with Crippen LogP contribution in [0.2, 0.25) is 5.02 Å². The molecule has 0 aliphatic carbocycles. The minimum absolute atomic E-state index is 0.0395. The van der Waals surface area contributed by atoms with Gasteiger partial charge in [-0.3, -0.25) is 10.2 Å². The highest BCUT2D eigenvalue weighted by molar-refractivity contribution is 6.31. The van der Waals surface area contributed by atoms with Gasteiger partial charge in [0.2, 0.25) is 5.90 Å². The molecule has 0 saturated carbocycles. The van der Waals surface area contributed by atoms with E-state index in [-0.39, 0.29) is 32.0 Å². The second-order valence-corrected chi connectivity index (χ2v) is 11.2. The minimum Gasteiger partial charge on any atom is -0.497 e. The number of hydrazine groups is 1. The first kappa shape index (κ1) is 33.3. The first-order valence-corrected chi connectivity index (χ1v) is 15.4. The van der Waals surface area contributed by atoms with Crippen molar-refractivity contribution < 1.29 is 24.1 Å². The number of carbonyl (C=O) groups is 1. The molecule has 1 heterocycles. The number of aliphatic hydroxyl groups is 1. The smallest absolute Gasteiger partial charge is 0.266 e. The van der Waals surface area contributed by atoms with E-state index in [1.54, 1.807) is 25.3 Å². The van der Waals surface area contributed by atoms with Crippen molar-refractivity contribution in [1.29, 1.82) is 0 Å². The maximum Gasteiger partial charge on any atom is 0.266 e. The third-order valence-corrected chi connectivity index (χ3v) is 8.12. The molecule has 11 nitrogen and oxygen atoms in total. The summed E-state index contributed by atoms with van der Waals surface area (Å²) in [6.07, 6.45) is -0.233. The number of rotatable bonds is 15. The number of nitrogens with one attached hydrogen (secondary N) is 2. The van der Waals surface area contributed by atoms with Crippen LogP contribution in [0.5, 0.6) is 11.5 Å². The van der Waals surface area contributed by atoms with Crippen LogP contribution >= 0.6 is 11.6 Å². The van der Waals surface area contributed by atoms with Gasteiger partial charge in [-0.2, -0.15) is 0 Å². The highest BCUT2D eigenvalue weighted by atomic mass is 35.5. The number of ether oxygens (including phenoxy) is 3. The van der Waals surface area contributed by atoms with E-state index in [4.69, 9.17) is 41.4 Å². The molecule has 1 aliphatic heterocycles. The van der Waals surface area contributed by atoms with Gasteiger partial charge in [0.05, 0.1) is 20.3 Å². The number of amides is 1. The molecule has 1 amide bonds. The molecule has 4 aromatic carbocycles.